The highest BCUT2D eigenvalue weighted by Crippen LogP contribution is 2.32. The van der Waals surface area contributed by atoms with Gasteiger partial charge in [0.05, 0.1) is 4.83 Å². The molecule has 2 aromatic rings. The third kappa shape index (κ3) is 4.31. The van der Waals surface area contributed by atoms with Gasteiger partial charge in [0.15, 0.2) is 0 Å². The van der Waals surface area contributed by atoms with E-state index in [1.165, 1.54) is 0 Å². The second kappa shape index (κ2) is 7.43. The Hall–Kier alpha value is -0.840. The largest absolute Gasteiger partial charge is 0.325 e. The SMILES string of the molecule is Cc1ccc(NC(=O)[C@H](Br)[C@H](Br)c2ccccc2)cc1Cl. The van der Waals surface area contributed by atoms with Gasteiger partial charge in [0.2, 0.25) is 5.91 Å². The number of hydrogen-bond donors (Lipinski definition) is 1. The number of carbonyl (C=O) groups excluding carboxylic acids is 1. The molecule has 0 heterocycles. The Morgan fingerprint density at radius 2 is 1.81 bits per heavy atom. The third-order valence-electron chi connectivity index (χ3n) is 3.06. The lowest BCUT2D eigenvalue weighted by Crippen LogP contribution is -2.26. The van der Waals surface area contributed by atoms with E-state index in [-0.39, 0.29) is 15.6 Å². The molecule has 0 aliphatic carbocycles. The first-order valence-electron chi connectivity index (χ1n) is 6.39. The Balaban J connectivity index is 2.07. The fourth-order valence-electron chi connectivity index (χ4n) is 1.82. The van der Waals surface area contributed by atoms with Crippen molar-refractivity contribution in [3.63, 3.8) is 0 Å². The number of halogens is 3. The van der Waals surface area contributed by atoms with Crippen LogP contribution in [-0.2, 0) is 4.79 Å². The summed E-state index contributed by atoms with van der Waals surface area (Å²) in [5, 5.41) is 3.50. The Bertz CT molecular complexity index is 633. The third-order valence-corrected chi connectivity index (χ3v) is 6.18. The van der Waals surface area contributed by atoms with Crippen LogP contribution < -0.4 is 5.32 Å². The molecule has 0 saturated carbocycles. The molecule has 1 amide bonds. The normalized spacial score (nSPS) is 13.5. The van der Waals surface area contributed by atoms with E-state index in [4.69, 9.17) is 11.6 Å². The van der Waals surface area contributed by atoms with Crippen molar-refractivity contribution in [1.82, 2.24) is 0 Å². The average molecular weight is 432 g/mol. The zero-order chi connectivity index (χ0) is 15.4. The van der Waals surface area contributed by atoms with Gasteiger partial charge >= 0.3 is 0 Å². The molecule has 2 atom stereocenters. The van der Waals surface area contributed by atoms with Crippen molar-refractivity contribution in [3.8, 4) is 0 Å². The second-order valence-electron chi connectivity index (χ2n) is 4.67. The molecule has 0 aliphatic rings. The van der Waals surface area contributed by atoms with Gasteiger partial charge in [0.25, 0.3) is 0 Å². The maximum Gasteiger partial charge on any atom is 0.239 e. The number of carbonyl (C=O) groups is 1. The molecule has 110 valence electrons. The van der Waals surface area contributed by atoms with Gasteiger partial charge in [-0.1, -0.05) is 79.9 Å². The van der Waals surface area contributed by atoms with Gasteiger partial charge in [-0.2, -0.15) is 0 Å². The zero-order valence-electron chi connectivity index (χ0n) is 11.3. The minimum atomic E-state index is -0.389. The smallest absolute Gasteiger partial charge is 0.239 e. The molecule has 0 aliphatic heterocycles. The van der Waals surface area contributed by atoms with E-state index < -0.39 is 0 Å². The minimum Gasteiger partial charge on any atom is -0.325 e. The van der Waals surface area contributed by atoms with Crippen molar-refractivity contribution in [3.05, 3.63) is 64.7 Å². The molecule has 2 nitrogen and oxygen atoms in total. The monoisotopic (exact) mass is 429 g/mol. The van der Waals surface area contributed by atoms with Crippen LogP contribution in [0.5, 0.6) is 0 Å². The van der Waals surface area contributed by atoms with Crippen molar-refractivity contribution < 1.29 is 4.79 Å². The number of anilines is 1. The quantitative estimate of drug-likeness (QED) is 0.638. The second-order valence-corrected chi connectivity index (χ2v) is 7.05. The van der Waals surface area contributed by atoms with Crippen molar-refractivity contribution in [2.75, 3.05) is 5.32 Å². The standard InChI is InChI=1S/C16H14Br2ClNO/c1-10-7-8-12(9-13(10)19)20-16(21)15(18)14(17)11-5-3-2-4-6-11/h2-9,14-15H,1H3,(H,20,21)/t14-,15-/m1/s1. The van der Waals surface area contributed by atoms with E-state index >= 15 is 0 Å². The first-order valence-corrected chi connectivity index (χ1v) is 8.60. The summed E-state index contributed by atoms with van der Waals surface area (Å²) in [5.74, 6) is -0.124. The summed E-state index contributed by atoms with van der Waals surface area (Å²) in [6, 6.07) is 15.3. The van der Waals surface area contributed by atoms with Crippen LogP contribution in [0.1, 0.15) is 16.0 Å². The molecule has 0 fully saturated rings. The molecule has 0 unspecified atom stereocenters. The Labute approximate surface area is 146 Å². The maximum atomic E-state index is 12.3. The first-order chi connectivity index (χ1) is 9.99. The summed E-state index contributed by atoms with van der Waals surface area (Å²) in [4.78, 5) is 11.8. The summed E-state index contributed by atoms with van der Waals surface area (Å²) in [6.45, 7) is 1.92. The molecular weight excluding hydrogens is 417 g/mol. The summed E-state index contributed by atoms with van der Waals surface area (Å²) in [6.07, 6.45) is 0. The fraction of sp³-hybridized carbons (Fsp3) is 0.188. The molecule has 0 radical (unpaired) electrons. The van der Waals surface area contributed by atoms with Gasteiger partial charge in [0, 0.05) is 10.7 Å². The van der Waals surface area contributed by atoms with E-state index in [2.05, 4.69) is 37.2 Å². The Morgan fingerprint density at radius 1 is 1.14 bits per heavy atom. The van der Waals surface area contributed by atoms with Crippen LogP contribution in [0.2, 0.25) is 5.02 Å². The predicted molar refractivity (Wildman–Crippen MR) is 95.6 cm³/mol. The van der Waals surface area contributed by atoms with E-state index in [0.717, 1.165) is 11.1 Å². The Kier molecular flexibility index (Phi) is 5.85. The van der Waals surface area contributed by atoms with Gasteiger partial charge in [-0.15, -0.1) is 0 Å². The van der Waals surface area contributed by atoms with Gasteiger partial charge < -0.3 is 5.32 Å². The lowest BCUT2D eigenvalue weighted by atomic mass is 10.1. The molecule has 2 rings (SSSR count). The number of benzene rings is 2. The van der Waals surface area contributed by atoms with Crippen molar-refractivity contribution >= 4 is 55.1 Å². The minimum absolute atomic E-state index is 0.111. The average Bonchev–Trinajstić information content (AvgIpc) is 2.50. The highest BCUT2D eigenvalue weighted by molar-refractivity contribution is 9.12. The Morgan fingerprint density at radius 3 is 2.43 bits per heavy atom. The zero-order valence-corrected chi connectivity index (χ0v) is 15.2. The van der Waals surface area contributed by atoms with E-state index in [9.17, 15) is 4.79 Å². The molecule has 0 saturated heterocycles. The summed E-state index contributed by atoms with van der Waals surface area (Å²) in [5.41, 5.74) is 2.71. The highest BCUT2D eigenvalue weighted by atomic mass is 79.9. The molecular formula is C16H14Br2ClNO. The van der Waals surface area contributed by atoms with E-state index in [1.54, 1.807) is 6.07 Å². The number of alkyl halides is 2. The molecule has 0 spiro atoms. The lowest BCUT2D eigenvalue weighted by molar-refractivity contribution is -0.115. The number of amides is 1. The number of hydrogen-bond acceptors (Lipinski definition) is 1. The lowest BCUT2D eigenvalue weighted by Gasteiger charge is -2.17. The molecule has 2 aromatic carbocycles. The van der Waals surface area contributed by atoms with Crippen LogP contribution >= 0.6 is 43.5 Å². The van der Waals surface area contributed by atoms with Crippen molar-refractivity contribution in [1.29, 1.82) is 0 Å². The van der Waals surface area contributed by atoms with Crippen molar-refractivity contribution in [2.45, 2.75) is 16.6 Å². The molecule has 21 heavy (non-hydrogen) atoms. The van der Waals surface area contributed by atoms with Gasteiger partial charge in [-0.25, -0.2) is 0 Å². The van der Waals surface area contributed by atoms with Gasteiger partial charge in [-0.05, 0) is 30.2 Å². The molecule has 0 aromatic heterocycles. The van der Waals surface area contributed by atoms with E-state index in [1.807, 2.05) is 49.4 Å². The highest BCUT2D eigenvalue weighted by Gasteiger charge is 2.25. The molecule has 0 bridgehead atoms. The fourth-order valence-corrected chi connectivity index (χ4v) is 2.97. The van der Waals surface area contributed by atoms with Crippen LogP contribution in [0.15, 0.2) is 48.5 Å². The summed E-state index contributed by atoms with van der Waals surface area (Å²) < 4.78 is 0. The summed E-state index contributed by atoms with van der Waals surface area (Å²) >= 11 is 13.1. The van der Waals surface area contributed by atoms with Gasteiger partial charge in [-0.3, -0.25) is 4.79 Å². The number of aryl methyl sites for hydroxylation is 1. The van der Waals surface area contributed by atoms with E-state index in [0.29, 0.717) is 10.7 Å². The van der Waals surface area contributed by atoms with Crippen LogP contribution in [0.3, 0.4) is 0 Å². The first kappa shape index (κ1) is 16.5. The van der Waals surface area contributed by atoms with Gasteiger partial charge in [0.1, 0.15) is 4.83 Å². The number of rotatable bonds is 4. The van der Waals surface area contributed by atoms with Crippen LogP contribution in [-0.4, -0.2) is 10.7 Å². The van der Waals surface area contributed by atoms with Crippen LogP contribution in [0, 0.1) is 6.92 Å². The maximum absolute atomic E-state index is 12.3. The topological polar surface area (TPSA) is 29.1 Å². The summed E-state index contributed by atoms with van der Waals surface area (Å²) in [7, 11) is 0. The van der Waals surface area contributed by atoms with Crippen LogP contribution in [0.25, 0.3) is 0 Å². The number of nitrogens with one attached hydrogen (secondary N) is 1. The molecule has 1 N–H and O–H groups in total. The molecule has 5 heteroatoms. The van der Waals surface area contributed by atoms with Crippen LogP contribution in [0.4, 0.5) is 5.69 Å². The van der Waals surface area contributed by atoms with Crippen molar-refractivity contribution in [2.24, 2.45) is 0 Å². The predicted octanol–water partition coefficient (Wildman–Crippen LogP) is 5.49.